The van der Waals surface area contributed by atoms with Crippen LogP contribution in [0.15, 0.2) is 52.7 Å². The van der Waals surface area contributed by atoms with Crippen molar-refractivity contribution in [3.63, 3.8) is 0 Å². The number of carbonyl (C=O) groups is 1. The van der Waals surface area contributed by atoms with Crippen LogP contribution in [-0.4, -0.2) is 35.4 Å². The number of hydrogen-bond donors (Lipinski definition) is 1. The van der Waals surface area contributed by atoms with Crippen LogP contribution >= 0.6 is 47.8 Å². The van der Waals surface area contributed by atoms with Crippen LogP contribution in [-0.2, 0) is 11.2 Å². The van der Waals surface area contributed by atoms with Crippen LogP contribution in [0.3, 0.4) is 0 Å². The van der Waals surface area contributed by atoms with Gasteiger partial charge in [0.1, 0.15) is 11.3 Å². The maximum absolute atomic E-state index is 13.0. The van der Waals surface area contributed by atoms with Gasteiger partial charge in [0.15, 0.2) is 0 Å². The first-order valence-corrected chi connectivity index (χ1v) is 9.70. The molecule has 3 aromatic rings. The molecular weight excluding hydrogens is 441 g/mol. The Bertz CT molecular complexity index is 901. The zero-order valence-electron chi connectivity index (χ0n) is 14.8. The molecule has 0 saturated carbocycles. The minimum Gasteiger partial charge on any atom is -0.472 e. The van der Waals surface area contributed by atoms with Crippen molar-refractivity contribution in [2.75, 3.05) is 19.6 Å². The molecule has 5 nitrogen and oxygen atoms in total. The van der Waals surface area contributed by atoms with E-state index in [1.807, 2.05) is 40.6 Å². The van der Waals surface area contributed by atoms with Gasteiger partial charge in [0, 0.05) is 35.6 Å². The van der Waals surface area contributed by atoms with Crippen LogP contribution in [0, 0.1) is 0 Å². The molecule has 2 aromatic heterocycles. The highest BCUT2D eigenvalue weighted by Crippen LogP contribution is 2.29. The quantitative estimate of drug-likeness (QED) is 0.617. The van der Waals surface area contributed by atoms with Crippen molar-refractivity contribution < 1.29 is 9.21 Å². The Morgan fingerprint density at radius 3 is 2.89 bits per heavy atom. The lowest BCUT2D eigenvalue weighted by molar-refractivity contribution is -0.133. The highest BCUT2D eigenvalue weighted by atomic mass is 35.5. The Balaban J connectivity index is 0.00000140. The molecule has 0 radical (unpaired) electrons. The predicted octanol–water partition coefficient (Wildman–Crippen LogP) is 4.62. The van der Waals surface area contributed by atoms with E-state index in [-0.39, 0.29) is 43.2 Å². The number of amides is 1. The molecule has 1 fully saturated rings. The first kappa shape index (κ1) is 22.7. The summed E-state index contributed by atoms with van der Waals surface area (Å²) in [5.74, 6) is 0.0699. The van der Waals surface area contributed by atoms with Gasteiger partial charge < -0.3 is 14.6 Å². The topological polar surface area (TPSA) is 58.4 Å². The molecule has 1 unspecified atom stereocenters. The molecule has 1 amide bonds. The molecule has 0 spiro atoms. The van der Waals surface area contributed by atoms with Crippen molar-refractivity contribution in [2.24, 2.45) is 0 Å². The maximum atomic E-state index is 13.0. The van der Waals surface area contributed by atoms with E-state index in [0.717, 1.165) is 28.4 Å². The smallest absolute Gasteiger partial charge is 0.229 e. The standard InChI is InChI=1S/C19H18ClN3O2S.2ClH/c20-16-4-2-1-3-15(16)17-10-21-6-7-23(17)18(24)9-14-12-26-19(22-14)13-5-8-25-11-13;;/h1-5,8,11-12,17,21H,6-7,9-10H2;2*1H. The first-order valence-electron chi connectivity index (χ1n) is 8.44. The van der Waals surface area contributed by atoms with Crippen molar-refractivity contribution in [2.45, 2.75) is 12.5 Å². The van der Waals surface area contributed by atoms with E-state index in [4.69, 9.17) is 16.0 Å². The van der Waals surface area contributed by atoms with Crippen LogP contribution in [0.5, 0.6) is 0 Å². The van der Waals surface area contributed by atoms with Gasteiger partial charge in [-0.3, -0.25) is 4.79 Å². The molecule has 0 aliphatic carbocycles. The number of benzene rings is 1. The van der Waals surface area contributed by atoms with E-state index in [1.165, 1.54) is 11.3 Å². The summed E-state index contributed by atoms with van der Waals surface area (Å²) in [6.07, 6.45) is 3.57. The van der Waals surface area contributed by atoms with Crippen molar-refractivity contribution in [3.8, 4) is 10.6 Å². The van der Waals surface area contributed by atoms with Crippen molar-refractivity contribution in [1.82, 2.24) is 15.2 Å². The highest BCUT2D eigenvalue weighted by molar-refractivity contribution is 7.13. The summed E-state index contributed by atoms with van der Waals surface area (Å²) in [5, 5.41) is 6.85. The predicted molar refractivity (Wildman–Crippen MR) is 117 cm³/mol. The van der Waals surface area contributed by atoms with E-state index in [2.05, 4.69) is 10.3 Å². The van der Waals surface area contributed by atoms with Gasteiger partial charge in [0.25, 0.3) is 0 Å². The molecule has 1 aromatic carbocycles. The zero-order valence-corrected chi connectivity index (χ0v) is 18.0. The number of nitrogens with one attached hydrogen (secondary N) is 1. The lowest BCUT2D eigenvalue weighted by atomic mass is 10.0. The Hall–Kier alpha value is -1.57. The van der Waals surface area contributed by atoms with E-state index in [9.17, 15) is 4.79 Å². The zero-order chi connectivity index (χ0) is 17.9. The SMILES string of the molecule is Cl.Cl.O=C(Cc1csc(-c2ccoc2)n1)N1CCNCC1c1ccccc1Cl. The number of piperazine rings is 1. The molecule has 1 aliphatic heterocycles. The normalized spacial score (nSPS) is 16.2. The molecule has 28 heavy (non-hydrogen) atoms. The largest absolute Gasteiger partial charge is 0.472 e. The second-order valence-corrected chi connectivity index (χ2v) is 7.43. The number of rotatable bonds is 4. The molecule has 3 heterocycles. The van der Waals surface area contributed by atoms with Crippen LogP contribution in [0.2, 0.25) is 5.02 Å². The Morgan fingerprint density at radius 1 is 1.32 bits per heavy atom. The van der Waals surface area contributed by atoms with E-state index >= 15 is 0 Å². The fourth-order valence-electron chi connectivity index (χ4n) is 3.19. The maximum Gasteiger partial charge on any atom is 0.229 e. The molecule has 0 bridgehead atoms. The summed E-state index contributed by atoms with van der Waals surface area (Å²) in [6.45, 7) is 2.14. The number of aromatic nitrogens is 1. The first-order chi connectivity index (χ1) is 12.7. The average molecular weight is 461 g/mol. The summed E-state index contributed by atoms with van der Waals surface area (Å²) in [4.78, 5) is 19.4. The molecular formula is C19H20Cl3N3O2S. The van der Waals surface area contributed by atoms with Crippen LogP contribution in [0.25, 0.3) is 10.6 Å². The Labute approximate surface area is 184 Å². The number of halogens is 3. The molecule has 1 saturated heterocycles. The summed E-state index contributed by atoms with van der Waals surface area (Å²) < 4.78 is 5.10. The Kier molecular flexibility index (Phi) is 8.34. The second kappa shape index (κ2) is 10.3. The van der Waals surface area contributed by atoms with Crippen LogP contribution in [0.1, 0.15) is 17.3 Å². The number of nitrogens with zero attached hydrogens (tertiary/aromatic N) is 2. The van der Waals surface area contributed by atoms with Gasteiger partial charge in [-0.2, -0.15) is 0 Å². The molecule has 9 heteroatoms. The fourth-order valence-corrected chi connectivity index (χ4v) is 4.26. The number of carbonyl (C=O) groups excluding carboxylic acids is 1. The van der Waals surface area contributed by atoms with E-state index in [1.54, 1.807) is 12.5 Å². The average Bonchev–Trinajstić information content (AvgIpc) is 3.34. The lowest BCUT2D eigenvalue weighted by Gasteiger charge is -2.37. The van der Waals surface area contributed by atoms with Gasteiger partial charge in [-0.15, -0.1) is 36.2 Å². The summed E-state index contributed by atoms with van der Waals surface area (Å²) in [7, 11) is 0. The highest BCUT2D eigenvalue weighted by Gasteiger charge is 2.29. The second-order valence-electron chi connectivity index (χ2n) is 6.16. The van der Waals surface area contributed by atoms with Crippen molar-refractivity contribution in [1.29, 1.82) is 0 Å². The third-order valence-corrected chi connectivity index (χ3v) is 5.76. The third-order valence-electron chi connectivity index (χ3n) is 4.48. The third kappa shape index (κ3) is 4.88. The van der Waals surface area contributed by atoms with Crippen molar-refractivity contribution >= 4 is 53.7 Å². The van der Waals surface area contributed by atoms with Gasteiger partial charge in [-0.1, -0.05) is 29.8 Å². The van der Waals surface area contributed by atoms with Crippen LogP contribution < -0.4 is 5.32 Å². The monoisotopic (exact) mass is 459 g/mol. The summed E-state index contributed by atoms with van der Waals surface area (Å²) in [6, 6.07) is 9.52. The minimum atomic E-state index is -0.0584. The molecule has 4 rings (SSSR count). The van der Waals surface area contributed by atoms with Crippen molar-refractivity contribution in [3.05, 3.63) is 64.5 Å². The van der Waals surface area contributed by atoms with Gasteiger partial charge in [-0.05, 0) is 17.7 Å². The van der Waals surface area contributed by atoms with Crippen LogP contribution in [0.4, 0.5) is 0 Å². The fraction of sp³-hybridized carbons (Fsp3) is 0.263. The Morgan fingerprint density at radius 2 is 2.14 bits per heavy atom. The summed E-state index contributed by atoms with van der Waals surface area (Å²) in [5.41, 5.74) is 2.70. The van der Waals surface area contributed by atoms with Gasteiger partial charge >= 0.3 is 0 Å². The summed E-state index contributed by atoms with van der Waals surface area (Å²) >= 11 is 7.88. The number of hydrogen-bond acceptors (Lipinski definition) is 5. The molecule has 1 aliphatic rings. The molecule has 1 N–H and O–H groups in total. The van der Waals surface area contributed by atoms with Gasteiger partial charge in [0.05, 0.1) is 24.4 Å². The molecule has 150 valence electrons. The number of thiazole rings is 1. The molecule has 1 atom stereocenters. The van der Waals surface area contributed by atoms with Gasteiger partial charge in [0.2, 0.25) is 5.91 Å². The van der Waals surface area contributed by atoms with E-state index < -0.39 is 0 Å². The van der Waals surface area contributed by atoms with E-state index in [0.29, 0.717) is 18.1 Å². The lowest BCUT2D eigenvalue weighted by Crippen LogP contribution is -2.49. The van der Waals surface area contributed by atoms with Gasteiger partial charge in [-0.25, -0.2) is 4.98 Å². The minimum absolute atomic E-state index is 0. The number of furan rings is 1.